The fourth-order valence-corrected chi connectivity index (χ4v) is 2.31. The number of nitrogens with zero attached hydrogens (tertiary/aromatic N) is 2. The van der Waals surface area contributed by atoms with Gasteiger partial charge in [-0.05, 0) is 42.0 Å². The number of rotatable bonds is 6. The number of hydrogen-bond acceptors (Lipinski definition) is 3. The second kappa shape index (κ2) is 8.02. The largest absolute Gasteiger partial charge is 0.484 e. The van der Waals surface area contributed by atoms with Crippen molar-refractivity contribution in [1.82, 2.24) is 4.90 Å². The van der Waals surface area contributed by atoms with Crippen molar-refractivity contribution in [2.24, 2.45) is 0 Å². The summed E-state index contributed by atoms with van der Waals surface area (Å²) < 4.78 is 6.49. The SMILES string of the molecule is CN(Cc1ccc(N(C)C)cc1)C(=O)COc1ccc(Br)cc1. The van der Waals surface area contributed by atoms with E-state index in [4.69, 9.17) is 4.74 Å². The summed E-state index contributed by atoms with van der Waals surface area (Å²) >= 11 is 3.37. The van der Waals surface area contributed by atoms with Gasteiger partial charge in [0.2, 0.25) is 0 Å². The van der Waals surface area contributed by atoms with Crippen molar-refractivity contribution in [2.75, 3.05) is 32.6 Å². The van der Waals surface area contributed by atoms with Crippen LogP contribution >= 0.6 is 15.9 Å². The van der Waals surface area contributed by atoms with Gasteiger partial charge in [-0.3, -0.25) is 4.79 Å². The zero-order valence-electron chi connectivity index (χ0n) is 13.6. The van der Waals surface area contributed by atoms with Crippen molar-refractivity contribution in [1.29, 1.82) is 0 Å². The molecule has 0 fully saturated rings. The third-order valence-electron chi connectivity index (χ3n) is 3.47. The first-order valence-corrected chi connectivity index (χ1v) is 8.13. The Balaban J connectivity index is 1.85. The lowest BCUT2D eigenvalue weighted by Crippen LogP contribution is -2.30. The first-order chi connectivity index (χ1) is 11.0. The third-order valence-corrected chi connectivity index (χ3v) is 4.00. The summed E-state index contributed by atoms with van der Waals surface area (Å²) in [7, 11) is 5.79. The molecule has 0 aliphatic rings. The fraction of sp³-hybridized carbons (Fsp3) is 0.278. The summed E-state index contributed by atoms with van der Waals surface area (Å²) in [6.07, 6.45) is 0. The molecule has 2 aromatic carbocycles. The van der Waals surface area contributed by atoms with Gasteiger partial charge in [0.1, 0.15) is 5.75 Å². The van der Waals surface area contributed by atoms with Gasteiger partial charge >= 0.3 is 0 Å². The Morgan fingerprint density at radius 1 is 1.00 bits per heavy atom. The van der Waals surface area contributed by atoms with Gasteiger partial charge in [0, 0.05) is 37.8 Å². The zero-order valence-corrected chi connectivity index (χ0v) is 15.2. The monoisotopic (exact) mass is 376 g/mol. The minimum atomic E-state index is -0.0513. The van der Waals surface area contributed by atoms with E-state index in [9.17, 15) is 4.79 Å². The molecule has 0 spiro atoms. The highest BCUT2D eigenvalue weighted by Gasteiger charge is 2.10. The van der Waals surface area contributed by atoms with Gasteiger partial charge in [-0.1, -0.05) is 28.1 Å². The van der Waals surface area contributed by atoms with E-state index >= 15 is 0 Å². The average Bonchev–Trinajstić information content (AvgIpc) is 2.54. The quantitative estimate of drug-likeness (QED) is 0.772. The van der Waals surface area contributed by atoms with Crippen LogP contribution in [0, 0.1) is 0 Å². The van der Waals surface area contributed by atoms with Gasteiger partial charge in [0.05, 0.1) is 0 Å². The number of benzene rings is 2. The van der Waals surface area contributed by atoms with E-state index in [1.54, 1.807) is 11.9 Å². The molecule has 0 saturated carbocycles. The molecule has 2 rings (SSSR count). The Kier molecular flexibility index (Phi) is 6.04. The van der Waals surface area contributed by atoms with E-state index in [2.05, 4.69) is 15.9 Å². The highest BCUT2D eigenvalue weighted by Crippen LogP contribution is 2.16. The van der Waals surface area contributed by atoms with Crippen molar-refractivity contribution < 1.29 is 9.53 Å². The second-order valence-electron chi connectivity index (χ2n) is 5.55. The van der Waals surface area contributed by atoms with Crippen molar-refractivity contribution in [3.8, 4) is 5.75 Å². The molecule has 5 heteroatoms. The Labute approximate surface area is 145 Å². The molecule has 0 heterocycles. The van der Waals surface area contributed by atoms with Crippen molar-refractivity contribution in [3.63, 3.8) is 0 Å². The van der Waals surface area contributed by atoms with E-state index in [0.717, 1.165) is 15.7 Å². The molecule has 0 atom stereocenters. The average molecular weight is 377 g/mol. The normalized spacial score (nSPS) is 10.3. The number of hydrogen-bond donors (Lipinski definition) is 0. The maximum absolute atomic E-state index is 12.1. The lowest BCUT2D eigenvalue weighted by molar-refractivity contribution is -0.132. The number of halogens is 1. The molecular formula is C18H21BrN2O2. The van der Waals surface area contributed by atoms with Crippen molar-refractivity contribution in [2.45, 2.75) is 6.54 Å². The topological polar surface area (TPSA) is 32.8 Å². The maximum atomic E-state index is 12.1. The van der Waals surface area contributed by atoms with E-state index in [-0.39, 0.29) is 12.5 Å². The molecule has 0 radical (unpaired) electrons. The van der Waals surface area contributed by atoms with E-state index in [1.165, 1.54) is 0 Å². The van der Waals surface area contributed by atoms with Gasteiger partial charge in [-0.2, -0.15) is 0 Å². The number of likely N-dealkylation sites (N-methyl/N-ethyl adjacent to an activating group) is 1. The molecule has 0 bridgehead atoms. The predicted molar refractivity (Wildman–Crippen MR) is 96.9 cm³/mol. The van der Waals surface area contributed by atoms with Gasteiger partial charge in [0.15, 0.2) is 6.61 Å². The third kappa shape index (κ3) is 5.28. The van der Waals surface area contributed by atoms with Crippen LogP contribution < -0.4 is 9.64 Å². The number of ether oxygens (including phenoxy) is 1. The van der Waals surface area contributed by atoms with Crippen LogP contribution in [-0.4, -0.2) is 38.6 Å². The maximum Gasteiger partial charge on any atom is 0.260 e. The van der Waals surface area contributed by atoms with Gasteiger partial charge < -0.3 is 14.5 Å². The molecule has 4 nitrogen and oxygen atoms in total. The highest BCUT2D eigenvalue weighted by atomic mass is 79.9. The Morgan fingerprint density at radius 2 is 1.61 bits per heavy atom. The molecule has 122 valence electrons. The van der Waals surface area contributed by atoms with Crippen LogP contribution in [0.3, 0.4) is 0 Å². The first-order valence-electron chi connectivity index (χ1n) is 7.34. The zero-order chi connectivity index (χ0) is 16.8. The van der Waals surface area contributed by atoms with Crippen molar-refractivity contribution in [3.05, 3.63) is 58.6 Å². The number of anilines is 1. The number of amides is 1. The molecule has 0 N–H and O–H groups in total. The molecule has 0 unspecified atom stereocenters. The van der Waals surface area contributed by atoms with Crippen LogP contribution in [0.25, 0.3) is 0 Å². The first kappa shape index (κ1) is 17.3. The highest BCUT2D eigenvalue weighted by molar-refractivity contribution is 9.10. The van der Waals surface area contributed by atoms with Gasteiger partial charge in [0.25, 0.3) is 5.91 Å². The summed E-state index contributed by atoms with van der Waals surface area (Å²) in [5, 5.41) is 0. The smallest absolute Gasteiger partial charge is 0.260 e. The lowest BCUT2D eigenvalue weighted by Gasteiger charge is -2.18. The molecule has 0 saturated heterocycles. The minimum Gasteiger partial charge on any atom is -0.484 e. The fourth-order valence-electron chi connectivity index (χ4n) is 2.05. The van der Waals surface area contributed by atoms with Crippen LogP contribution in [0.1, 0.15) is 5.56 Å². The van der Waals surface area contributed by atoms with Gasteiger partial charge in [-0.15, -0.1) is 0 Å². The number of carbonyl (C=O) groups is 1. The molecule has 0 aromatic heterocycles. The van der Waals surface area contributed by atoms with E-state index in [1.807, 2.05) is 67.5 Å². The Bertz CT molecular complexity index is 639. The predicted octanol–water partition coefficient (Wildman–Crippen LogP) is 3.55. The minimum absolute atomic E-state index is 0.0356. The van der Waals surface area contributed by atoms with E-state index < -0.39 is 0 Å². The van der Waals surface area contributed by atoms with Crippen LogP contribution in [0.15, 0.2) is 53.0 Å². The second-order valence-corrected chi connectivity index (χ2v) is 6.47. The summed E-state index contributed by atoms with van der Waals surface area (Å²) in [5.74, 6) is 0.634. The van der Waals surface area contributed by atoms with Crippen molar-refractivity contribution >= 4 is 27.5 Å². The number of carbonyl (C=O) groups excluding carboxylic acids is 1. The standard InChI is InChI=1S/C18H21BrN2O2/c1-20(2)16-8-4-14(5-9-16)12-21(3)18(22)13-23-17-10-6-15(19)7-11-17/h4-11H,12-13H2,1-3H3. The molecule has 2 aromatic rings. The summed E-state index contributed by atoms with van der Waals surface area (Å²) in [6, 6.07) is 15.6. The van der Waals surface area contributed by atoms with Crippen LogP contribution in [0.5, 0.6) is 5.75 Å². The van der Waals surface area contributed by atoms with Crippen LogP contribution in [-0.2, 0) is 11.3 Å². The van der Waals surface area contributed by atoms with E-state index in [0.29, 0.717) is 12.3 Å². The summed E-state index contributed by atoms with van der Waals surface area (Å²) in [6.45, 7) is 0.601. The van der Waals surface area contributed by atoms with Gasteiger partial charge in [-0.25, -0.2) is 0 Å². The molecular weight excluding hydrogens is 356 g/mol. The molecule has 1 amide bonds. The molecule has 0 aliphatic heterocycles. The summed E-state index contributed by atoms with van der Waals surface area (Å²) in [4.78, 5) is 15.9. The molecule has 23 heavy (non-hydrogen) atoms. The molecule has 0 aliphatic carbocycles. The lowest BCUT2D eigenvalue weighted by atomic mass is 10.2. The Hall–Kier alpha value is -2.01. The van der Waals surface area contributed by atoms with Crippen LogP contribution in [0.4, 0.5) is 5.69 Å². The van der Waals surface area contributed by atoms with Crippen LogP contribution in [0.2, 0.25) is 0 Å². The summed E-state index contributed by atoms with van der Waals surface area (Å²) in [5.41, 5.74) is 2.23. The Morgan fingerprint density at radius 3 is 2.17 bits per heavy atom.